The molecule has 4 nitrogen and oxygen atoms in total. The van der Waals surface area contributed by atoms with Gasteiger partial charge in [-0.3, -0.25) is 4.57 Å². The molecule has 88 valence electrons. The number of nitrogens with one attached hydrogen (secondary N) is 1. The molecule has 4 heteroatoms. The van der Waals surface area contributed by atoms with Gasteiger partial charge < -0.3 is 5.32 Å². The van der Waals surface area contributed by atoms with Crippen LogP contribution in [0.4, 0.5) is 4.79 Å². The van der Waals surface area contributed by atoms with Crippen molar-refractivity contribution in [1.82, 2.24) is 14.9 Å². The number of amides is 1. The van der Waals surface area contributed by atoms with E-state index in [0.29, 0.717) is 0 Å². The smallest absolute Gasteiger partial charge is 0.327 e. The van der Waals surface area contributed by atoms with E-state index >= 15 is 0 Å². The van der Waals surface area contributed by atoms with E-state index in [4.69, 9.17) is 0 Å². The van der Waals surface area contributed by atoms with Crippen LogP contribution in [0, 0.1) is 6.92 Å². The molecule has 0 radical (unpaired) electrons. The van der Waals surface area contributed by atoms with Gasteiger partial charge in [-0.15, -0.1) is 0 Å². The van der Waals surface area contributed by atoms with Crippen molar-refractivity contribution >= 4 is 6.03 Å². The van der Waals surface area contributed by atoms with Crippen molar-refractivity contribution in [3.05, 3.63) is 54.1 Å². The summed E-state index contributed by atoms with van der Waals surface area (Å²) in [7, 11) is 0. The van der Waals surface area contributed by atoms with E-state index < -0.39 is 0 Å². The van der Waals surface area contributed by atoms with Gasteiger partial charge in [0.2, 0.25) is 0 Å². The van der Waals surface area contributed by atoms with Gasteiger partial charge in [0, 0.05) is 12.4 Å². The molecule has 0 fully saturated rings. The Labute approximate surface area is 100 Å². The van der Waals surface area contributed by atoms with E-state index in [-0.39, 0.29) is 12.1 Å². The van der Waals surface area contributed by atoms with Gasteiger partial charge in [-0.2, -0.15) is 0 Å². The molecule has 1 aromatic carbocycles. The van der Waals surface area contributed by atoms with Gasteiger partial charge in [-0.25, -0.2) is 9.78 Å². The number of imidazole rings is 1. The van der Waals surface area contributed by atoms with Crippen LogP contribution in [0.15, 0.2) is 43.0 Å². The van der Waals surface area contributed by atoms with E-state index in [0.717, 1.165) is 5.56 Å². The molecule has 17 heavy (non-hydrogen) atoms. The summed E-state index contributed by atoms with van der Waals surface area (Å²) in [5.41, 5.74) is 2.28. The van der Waals surface area contributed by atoms with Crippen LogP contribution in [0.2, 0.25) is 0 Å². The molecule has 2 aromatic rings. The van der Waals surface area contributed by atoms with Gasteiger partial charge in [-0.05, 0) is 19.4 Å². The predicted octanol–water partition coefficient (Wildman–Crippen LogP) is 2.51. The zero-order valence-electron chi connectivity index (χ0n) is 9.92. The molecular formula is C13H15N3O. The minimum Gasteiger partial charge on any atom is -0.331 e. The standard InChI is InChI=1S/C13H15N3O/c1-10-4-3-5-12(8-10)11(2)15-13(17)16-7-6-14-9-16/h3-9,11H,1-2H3,(H,15,17)/t11-/m0/s1. The van der Waals surface area contributed by atoms with E-state index in [9.17, 15) is 4.79 Å². The summed E-state index contributed by atoms with van der Waals surface area (Å²) in [5, 5.41) is 2.91. The number of carbonyl (C=O) groups is 1. The minimum atomic E-state index is -0.170. The van der Waals surface area contributed by atoms with Gasteiger partial charge in [0.1, 0.15) is 6.33 Å². The molecule has 0 bridgehead atoms. The Morgan fingerprint density at radius 2 is 2.29 bits per heavy atom. The Kier molecular flexibility index (Phi) is 3.23. The van der Waals surface area contributed by atoms with Crippen molar-refractivity contribution in [2.75, 3.05) is 0 Å². The minimum absolute atomic E-state index is 0.0233. The zero-order chi connectivity index (χ0) is 12.3. The van der Waals surface area contributed by atoms with Crippen LogP contribution >= 0.6 is 0 Å². The molecule has 1 aromatic heterocycles. The summed E-state index contributed by atoms with van der Waals surface area (Å²) in [6.07, 6.45) is 4.69. The highest BCUT2D eigenvalue weighted by Gasteiger charge is 2.10. The van der Waals surface area contributed by atoms with Crippen molar-refractivity contribution < 1.29 is 4.79 Å². The van der Waals surface area contributed by atoms with Crippen LogP contribution in [0.1, 0.15) is 24.1 Å². The Morgan fingerprint density at radius 1 is 1.47 bits per heavy atom. The summed E-state index contributed by atoms with van der Waals surface area (Å²) in [6.45, 7) is 4.00. The lowest BCUT2D eigenvalue weighted by molar-refractivity contribution is 0.239. The van der Waals surface area contributed by atoms with Crippen LogP contribution in [0.25, 0.3) is 0 Å². The predicted molar refractivity (Wildman–Crippen MR) is 65.8 cm³/mol. The molecule has 1 N–H and O–H groups in total. The molecule has 0 aliphatic heterocycles. The summed E-state index contributed by atoms with van der Waals surface area (Å²) in [6, 6.07) is 7.91. The van der Waals surface area contributed by atoms with Crippen LogP contribution in [-0.2, 0) is 0 Å². The molecule has 0 saturated carbocycles. The normalized spacial score (nSPS) is 12.1. The molecule has 1 amide bonds. The SMILES string of the molecule is Cc1cccc([C@H](C)NC(=O)n2ccnc2)c1. The third kappa shape index (κ3) is 2.72. The average Bonchev–Trinajstić information content (AvgIpc) is 2.82. The Morgan fingerprint density at radius 3 is 2.94 bits per heavy atom. The van der Waals surface area contributed by atoms with Gasteiger partial charge in [0.15, 0.2) is 0 Å². The van der Waals surface area contributed by atoms with Crippen molar-refractivity contribution in [3.63, 3.8) is 0 Å². The Balaban J connectivity index is 2.07. The molecular weight excluding hydrogens is 214 g/mol. The summed E-state index contributed by atoms with van der Waals surface area (Å²) in [4.78, 5) is 15.6. The molecule has 0 saturated heterocycles. The highest BCUT2D eigenvalue weighted by Crippen LogP contribution is 2.13. The number of hydrogen-bond donors (Lipinski definition) is 1. The number of rotatable bonds is 2. The largest absolute Gasteiger partial charge is 0.331 e. The lowest BCUT2D eigenvalue weighted by Crippen LogP contribution is -2.30. The highest BCUT2D eigenvalue weighted by molar-refractivity contribution is 5.76. The quantitative estimate of drug-likeness (QED) is 0.860. The fourth-order valence-corrected chi connectivity index (χ4v) is 1.66. The van der Waals surface area contributed by atoms with Crippen LogP contribution < -0.4 is 5.32 Å². The molecule has 0 aliphatic rings. The number of hydrogen-bond acceptors (Lipinski definition) is 2. The molecule has 0 unspecified atom stereocenters. The van der Waals surface area contributed by atoms with Crippen LogP contribution in [0.5, 0.6) is 0 Å². The van der Waals surface area contributed by atoms with Crippen LogP contribution in [0.3, 0.4) is 0 Å². The Hall–Kier alpha value is -2.10. The molecule has 0 aliphatic carbocycles. The van der Waals surface area contributed by atoms with E-state index in [1.807, 2.05) is 32.0 Å². The number of aromatic nitrogens is 2. The maximum atomic E-state index is 11.8. The summed E-state index contributed by atoms with van der Waals surface area (Å²) < 4.78 is 1.42. The van der Waals surface area contributed by atoms with Crippen molar-refractivity contribution in [2.45, 2.75) is 19.9 Å². The van der Waals surface area contributed by atoms with Gasteiger partial charge in [0.05, 0.1) is 6.04 Å². The topological polar surface area (TPSA) is 46.9 Å². The van der Waals surface area contributed by atoms with Gasteiger partial charge in [0.25, 0.3) is 0 Å². The second-order valence-electron chi connectivity index (χ2n) is 4.06. The van der Waals surface area contributed by atoms with Crippen LogP contribution in [-0.4, -0.2) is 15.6 Å². The first-order chi connectivity index (χ1) is 8.16. The number of benzene rings is 1. The van der Waals surface area contributed by atoms with Crippen molar-refractivity contribution in [2.24, 2.45) is 0 Å². The molecule has 0 spiro atoms. The lowest BCUT2D eigenvalue weighted by atomic mass is 10.1. The first-order valence-electron chi connectivity index (χ1n) is 5.52. The van der Waals surface area contributed by atoms with E-state index in [2.05, 4.69) is 16.4 Å². The zero-order valence-corrected chi connectivity index (χ0v) is 9.92. The third-order valence-electron chi connectivity index (χ3n) is 2.62. The number of carbonyl (C=O) groups excluding carboxylic acids is 1. The average molecular weight is 229 g/mol. The maximum absolute atomic E-state index is 11.8. The molecule has 1 heterocycles. The monoisotopic (exact) mass is 229 g/mol. The van der Waals surface area contributed by atoms with E-state index in [1.54, 1.807) is 12.4 Å². The second-order valence-corrected chi connectivity index (χ2v) is 4.06. The van der Waals surface area contributed by atoms with Crippen molar-refractivity contribution in [3.8, 4) is 0 Å². The number of nitrogens with zero attached hydrogens (tertiary/aromatic N) is 2. The number of aryl methyl sites for hydroxylation is 1. The molecule has 2 rings (SSSR count). The fourth-order valence-electron chi connectivity index (χ4n) is 1.66. The first-order valence-corrected chi connectivity index (χ1v) is 5.52. The van der Waals surface area contributed by atoms with Gasteiger partial charge in [-0.1, -0.05) is 29.8 Å². The maximum Gasteiger partial charge on any atom is 0.327 e. The Bertz CT molecular complexity index is 505. The van der Waals surface area contributed by atoms with Crippen molar-refractivity contribution in [1.29, 1.82) is 0 Å². The third-order valence-corrected chi connectivity index (χ3v) is 2.62. The second kappa shape index (κ2) is 4.82. The summed E-state index contributed by atoms with van der Waals surface area (Å²) >= 11 is 0. The first kappa shape index (κ1) is 11.4. The molecule has 1 atom stereocenters. The highest BCUT2D eigenvalue weighted by atomic mass is 16.2. The fraction of sp³-hybridized carbons (Fsp3) is 0.231. The van der Waals surface area contributed by atoms with E-state index in [1.165, 1.54) is 16.5 Å². The van der Waals surface area contributed by atoms with Gasteiger partial charge >= 0.3 is 6.03 Å². The summed E-state index contributed by atoms with van der Waals surface area (Å²) in [5.74, 6) is 0. The lowest BCUT2D eigenvalue weighted by Gasteiger charge is -2.14.